The summed E-state index contributed by atoms with van der Waals surface area (Å²) in [7, 11) is 0. The van der Waals surface area contributed by atoms with Gasteiger partial charge in [-0.25, -0.2) is 0 Å². The summed E-state index contributed by atoms with van der Waals surface area (Å²) in [5.74, 6) is 0.879. The molecule has 1 N–H and O–H groups in total. The van der Waals surface area contributed by atoms with Gasteiger partial charge in [0.15, 0.2) is 0 Å². The predicted octanol–water partition coefficient (Wildman–Crippen LogP) is 1.42. The van der Waals surface area contributed by atoms with Crippen LogP contribution in [0.25, 0.3) is 0 Å². The van der Waals surface area contributed by atoms with E-state index in [1.165, 1.54) is 19.5 Å². The SMILES string of the molecule is C[C@@H]1CNCC[C@@H]1I. The average Bonchev–Trinajstić information content (AvgIpc) is 1.77. The molecule has 8 heavy (non-hydrogen) atoms. The highest BCUT2D eigenvalue weighted by Crippen LogP contribution is 2.18. The Hall–Kier alpha value is 0.690. The molecule has 0 saturated carbocycles. The molecule has 0 aromatic rings. The van der Waals surface area contributed by atoms with Crippen molar-refractivity contribution in [3.63, 3.8) is 0 Å². The van der Waals surface area contributed by atoms with E-state index in [1.807, 2.05) is 0 Å². The van der Waals surface area contributed by atoms with Gasteiger partial charge in [0.25, 0.3) is 0 Å². The maximum absolute atomic E-state index is 3.36. The molecule has 1 aliphatic heterocycles. The van der Waals surface area contributed by atoms with Gasteiger partial charge in [-0.3, -0.25) is 0 Å². The zero-order valence-corrected chi connectivity index (χ0v) is 7.31. The average molecular weight is 225 g/mol. The summed E-state index contributed by atoms with van der Waals surface area (Å²) in [5, 5.41) is 3.36. The first-order chi connectivity index (χ1) is 3.80. The van der Waals surface area contributed by atoms with Crippen LogP contribution in [0.1, 0.15) is 13.3 Å². The minimum Gasteiger partial charge on any atom is -0.316 e. The Morgan fingerprint density at radius 2 is 2.38 bits per heavy atom. The smallest absolute Gasteiger partial charge is 0.0159 e. The lowest BCUT2D eigenvalue weighted by Crippen LogP contribution is -2.35. The maximum Gasteiger partial charge on any atom is 0.0159 e. The first-order valence-electron chi connectivity index (χ1n) is 3.15. The second-order valence-corrected chi connectivity index (χ2v) is 4.09. The van der Waals surface area contributed by atoms with E-state index in [1.54, 1.807) is 0 Å². The second kappa shape index (κ2) is 3.01. The highest BCUT2D eigenvalue weighted by Gasteiger charge is 2.16. The van der Waals surface area contributed by atoms with Gasteiger partial charge in [0, 0.05) is 3.92 Å². The van der Waals surface area contributed by atoms with Crippen LogP contribution < -0.4 is 5.32 Å². The van der Waals surface area contributed by atoms with Gasteiger partial charge in [0.05, 0.1) is 0 Å². The Labute approximate surface area is 64.4 Å². The monoisotopic (exact) mass is 225 g/mol. The molecule has 0 amide bonds. The fraction of sp³-hybridized carbons (Fsp3) is 1.00. The molecular weight excluding hydrogens is 213 g/mol. The van der Waals surface area contributed by atoms with Crippen molar-refractivity contribution < 1.29 is 0 Å². The highest BCUT2D eigenvalue weighted by atomic mass is 127. The molecule has 1 heterocycles. The molecule has 0 aromatic carbocycles. The third-order valence-corrected chi connectivity index (χ3v) is 3.53. The summed E-state index contributed by atoms with van der Waals surface area (Å²) >= 11 is 2.54. The molecular formula is C6H12IN. The number of rotatable bonds is 0. The van der Waals surface area contributed by atoms with Gasteiger partial charge < -0.3 is 5.32 Å². The summed E-state index contributed by atoms with van der Waals surface area (Å²) < 4.78 is 0.911. The Bertz CT molecular complexity index is 64.9. The van der Waals surface area contributed by atoms with Gasteiger partial charge in [-0.05, 0) is 25.4 Å². The fourth-order valence-electron chi connectivity index (χ4n) is 0.982. The van der Waals surface area contributed by atoms with Crippen molar-refractivity contribution in [2.45, 2.75) is 17.3 Å². The molecule has 0 spiro atoms. The molecule has 0 radical (unpaired) electrons. The molecule has 2 heteroatoms. The van der Waals surface area contributed by atoms with E-state index in [9.17, 15) is 0 Å². The molecule has 1 fully saturated rings. The van der Waals surface area contributed by atoms with Crippen LogP contribution in [0.3, 0.4) is 0 Å². The van der Waals surface area contributed by atoms with E-state index in [2.05, 4.69) is 34.8 Å². The number of piperidine rings is 1. The van der Waals surface area contributed by atoms with Gasteiger partial charge in [-0.15, -0.1) is 0 Å². The summed E-state index contributed by atoms with van der Waals surface area (Å²) in [6.45, 7) is 4.74. The van der Waals surface area contributed by atoms with Crippen molar-refractivity contribution in [1.29, 1.82) is 0 Å². The van der Waals surface area contributed by atoms with Crippen molar-refractivity contribution in [3.05, 3.63) is 0 Å². The van der Waals surface area contributed by atoms with Crippen LogP contribution in [0.15, 0.2) is 0 Å². The quantitative estimate of drug-likeness (QED) is 0.485. The Morgan fingerprint density at radius 1 is 1.62 bits per heavy atom. The predicted molar refractivity (Wildman–Crippen MR) is 44.5 cm³/mol. The van der Waals surface area contributed by atoms with Crippen molar-refractivity contribution in [2.24, 2.45) is 5.92 Å². The lowest BCUT2D eigenvalue weighted by Gasteiger charge is -2.24. The van der Waals surface area contributed by atoms with Gasteiger partial charge in [-0.1, -0.05) is 29.5 Å². The van der Waals surface area contributed by atoms with Gasteiger partial charge in [0.1, 0.15) is 0 Å². The fourth-order valence-corrected chi connectivity index (χ4v) is 1.55. The molecule has 48 valence electrons. The molecule has 0 aliphatic carbocycles. The Balaban J connectivity index is 2.28. The number of nitrogens with one attached hydrogen (secondary N) is 1. The summed E-state index contributed by atoms with van der Waals surface area (Å²) in [4.78, 5) is 0. The zero-order chi connectivity index (χ0) is 5.98. The molecule has 0 aromatic heterocycles. The van der Waals surface area contributed by atoms with E-state index in [0.29, 0.717) is 0 Å². The normalized spacial score (nSPS) is 39.8. The van der Waals surface area contributed by atoms with Crippen LogP contribution in [-0.4, -0.2) is 17.0 Å². The molecule has 0 unspecified atom stereocenters. The van der Waals surface area contributed by atoms with Gasteiger partial charge in [0.2, 0.25) is 0 Å². The highest BCUT2D eigenvalue weighted by molar-refractivity contribution is 14.1. The third kappa shape index (κ3) is 1.58. The standard InChI is InChI=1S/C6H12IN/c1-5-4-8-3-2-6(5)7/h5-6,8H,2-4H2,1H3/t5-,6+/m1/s1. The minimum absolute atomic E-state index is 0.879. The van der Waals surface area contributed by atoms with E-state index in [-0.39, 0.29) is 0 Å². The van der Waals surface area contributed by atoms with E-state index < -0.39 is 0 Å². The molecule has 1 rings (SSSR count). The Morgan fingerprint density at radius 3 is 2.75 bits per heavy atom. The Kier molecular flexibility index (Phi) is 2.56. The van der Waals surface area contributed by atoms with Crippen LogP contribution in [0.4, 0.5) is 0 Å². The molecule has 1 nitrogen and oxygen atoms in total. The molecule has 0 bridgehead atoms. The first kappa shape index (κ1) is 6.81. The zero-order valence-electron chi connectivity index (χ0n) is 5.15. The first-order valence-corrected chi connectivity index (χ1v) is 4.40. The number of hydrogen-bond acceptors (Lipinski definition) is 1. The second-order valence-electron chi connectivity index (χ2n) is 2.49. The maximum atomic E-state index is 3.36. The van der Waals surface area contributed by atoms with Crippen molar-refractivity contribution in [3.8, 4) is 0 Å². The lowest BCUT2D eigenvalue weighted by atomic mass is 10.0. The third-order valence-electron chi connectivity index (χ3n) is 1.68. The summed E-state index contributed by atoms with van der Waals surface area (Å²) in [6.07, 6.45) is 1.35. The lowest BCUT2D eigenvalue weighted by molar-refractivity contribution is 0.428. The van der Waals surface area contributed by atoms with E-state index in [4.69, 9.17) is 0 Å². The topological polar surface area (TPSA) is 12.0 Å². The van der Waals surface area contributed by atoms with E-state index in [0.717, 1.165) is 9.84 Å². The van der Waals surface area contributed by atoms with Gasteiger partial charge >= 0.3 is 0 Å². The van der Waals surface area contributed by atoms with Crippen LogP contribution in [0, 0.1) is 5.92 Å². The van der Waals surface area contributed by atoms with Crippen LogP contribution in [0.2, 0.25) is 0 Å². The van der Waals surface area contributed by atoms with Crippen molar-refractivity contribution in [2.75, 3.05) is 13.1 Å². The minimum atomic E-state index is 0.879. The molecule has 1 saturated heterocycles. The van der Waals surface area contributed by atoms with Crippen LogP contribution in [-0.2, 0) is 0 Å². The summed E-state index contributed by atoms with van der Waals surface area (Å²) in [6, 6.07) is 0. The molecule has 2 atom stereocenters. The number of halogens is 1. The van der Waals surface area contributed by atoms with Crippen molar-refractivity contribution in [1.82, 2.24) is 5.32 Å². The van der Waals surface area contributed by atoms with Gasteiger partial charge in [-0.2, -0.15) is 0 Å². The van der Waals surface area contributed by atoms with Crippen molar-refractivity contribution >= 4 is 22.6 Å². The van der Waals surface area contributed by atoms with E-state index >= 15 is 0 Å². The summed E-state index contributed by atoms with van der Waals surface area (Å²) in [5.41, 5.74) is 0. The molecule has 1 aliphatic rings. The van der Waals surface area contributed by atoms with Crippen LogP contribution in [0.5, 0.6) is 0 Å². The van der Waals surface area contributed by atoms with Crippen LogP contribution >= 0.6 is 22.6 Å². The number of alkyl halides is 1. The largest absolute Gasteiger partial charge is 0.316 e. The number of hydrogen-bond donors (Lipinski definition) is 1.